The maximum atomic E-state index is 11.5. The highest BCUT2D eigenvalue weighted by Crippen LogP contribution is 2.10. The number of hydrogen-bond donors (Lipinski definition) is 2. The van der Waals surface area contributed by atoms with E-state index in [0.717, 1.165) is 37.5 Å². The van der Waals surface area contributed by atoms with Gasteiger partial charge in [0.1, 0.15) is 0 Å². The van der Waals surface area contributed by atoms with Gasteiger partial charge in [-0.05, 0) is 43.5 Å². The van der Waals surface area contributed by atoms with E-state index in [-0.39, 0.29) is 29.9 Å². The zero-order valence-corrected chi connectivity index (χ0v) is 18.3. The lowest BCUT2D eigenvalue weighted by Crippen LogP contribution is -2.48. The molecule has 0 spiro atoms. The number of benzene rings is 1. The lowest BCUT2D eigenvalue weighted by atomic mass is 10.1. The van der Waals surface area contributed by atoms with Gasteiger partial charge in [0.25, 0.3) is 0 Å². The van der Waals surface area contributed by atoms with Crippen LogP contribution in [0.1, 0.15) is 42.1 Å². The number of nitrogens with zero attached hydrogens (tertiary/aromatic N) is 2. The monoisotopic (exact) mass is 474 g/mol. The van der Waals surface area contributed by atoms with E-state index < -0.39 is 0 Å². The third-order valence-electron chi connectivity index (χ3n) is 4.53. The highest BCUT2D eigenvalue weighted by atomic mass is 127. The molecule has 1 fully saturated rings. The second-order valence-electron chi connectivity index (χ2n) is 6.37. The van der Waals surface area contributed by atoms with Crippen molar-refractivity contribution in [2.75, 3.05) is 33.8 Å². The summed E-state index contributed by atoms with van der Waals surface area (Å²) in [5.41, 5.74) is 1.65. The number of ether oxygens (including phenoxy) is 1. The average Bonchev–Trinajstić information content (AvgIpc) is 2.66. The predicted molar refractivity (Wildman–Crippen MR) is 116 cm³/mol. The number of rotatable bonds is 6. The summed E-state index contributed by atoms with van der Waals surface area (Å²) in [6.07, 6.45) is 3.51. The van der Waals surface area contributed by atoms with Gasteiger partial charge in [0, 0.05) is 32.7 Å². The molecule has 1 aliphatic heterocycles. The summed E-state index contributed by atoms with van der Waals surface area (Å²) in [6.45, 7) is 6.39. The van der Waals surface area contributed by atoms with Gasteiger partial charge in [0.2, 0.25) is 0 Å². The maximum Gasteiger partial charge on any atom is 0.337 e. The van der Waals surface area contributed by atoms with Crippen LogP contribution in [0.25, 0.3) is 0 Å². The molecule has 0 aromatic heterocycles. The third-order valence-corrected chi connectivity index (χ3v) is 4.53. The smallest absolute Gasteiger partial charge is 0.337 e. The summed E-state index contributed by atoms with van der Waals surface area (Å²) in [6, 6.07) is 7.89. The predicted octanol–water partition coefficient (Wildman–Crippen LogP) is 2.63. The second-order valence-corrected chi connectivity index (χ2v) is 6.37. The molecule has 1 heterocycles. The Balaban J connectivity index is 0.00000338. The van der Waals surface area contributed by atoms with Crippen LogP contribution in [-0.2, 0) is 11.3 Å². The van der Waals surface area contributed by atoms with Crippen molar-refractivity contribution in [1.29, 1.82) is 0 Å². The number of aliphatic imine (C=N–C) groups is 1. The van der Waals surface area contributed by atoms with Crippen LogP contribution in [-0.4, -0.2) is 56.7 Å². The Bertz CT molecular complexity index is 569. The van der Waals surface area contributed by atoms with Gasteiger partial charge in [-0.1, -0.05) is 19.1 Å². The Morgan fingerprint density at radius 1 is 1.27 bits per heavy atom. The topological polar surface area (TPSA) is 66.0 Å². The first-order valence-electron chi connectivity index (χ1n) is 9.03. The van der Waals surface area contributed by atoms with Gasteiger partial charge in [-0.2, -0.15) is 0 Å². The van der Waals surface area contributed by atoms with Gasteiger partial charge in [-0.3, -0.25) is 4.99 Å². The molecule has 26 heavy (non-hydrogen) atoms. The molecular formula is C19H31IN4O2. The summed E-state index contributed by atoms with van der Waals surface area (Å²) in [7, 11) is 3.18. The van der Waals surface area contributed by atoms with Crippen LogP contribution >= 0.6 is 24.0 Å². The minimum Gasteiger partial charge on any atom is -0.465 e. The number of halogens is 1. The largest absolute Gasteiger partial charge is 0.465 e. The highest BCUT2D eigenvalue weighted by Gasteiger charge is 2.19. The summed E-state index contributed by atoms with van der Waals surface area (Å²) in [5, 5.41) is 6.86. The number of piperidine rings is 1. The van der Waals surface area contributed by atoms with E-state index in [4.69, 9.17) is 4.74 Å². The van der Waals surface area contributed by atoms with E-state index >= 15 is 0 Å². The van der Waals surface area contributed by atoms with Gasteiger partial charge in [0.15, 0.2) is 5.96 Å². The lowest BCUT2D eigenvalue weighted by Gasteiger charge is -2.32. The minimum atomic E-state index is -0.314. The molecule has 6 nitrogen and oxygen atoms in total. The van der Waals surface area contributed by atoms with Gasteiger partial charge in [-0.15, -0.1) is 24.0 Å². The van der Waals surface area contributed by atoms with Crippen molar-refractivity contribution >= 4 is 35.9 Å². The number of carbonyl (C=O) groups excluding carboxylic acids is 1. The molecule has 146 valence electrons. The molecule has 0 saturated carbocycles. The van der Waals surface area contributed by atoms with Crippen LogP contribution < -0.4 is 10.6 Å². The Hall–Kier alpha value is -1.35. The minimum absolute atomic E-state index is 0. The van der Waals surface area contributed by atoms with Crippen molar-refractivity contribution in [3.63, 3.8) is 0 Å². The van der Waals surface area contributed by atoms with Gasteiger partial charge >= 0.3 is 5.97 Å². The number of guanidine groups is 1. The zero-order chi connectivity index (χ0) is 18.1. The number of hydrogen-bond acceptors (Lipinski definition) is 4. The van der Waals surface area contributed by atoms with Crippen LogP contribution in [0.3, 0.4) is 0 Å². The molecule has 1 aliphatic rings. The van der Waals surface area contributed by atoms with Gasteiger partial charge in [-0.25, -0.2) is 4.79 Å². The molecule has 0 radical (unpaired) electrons. The molecule has 0 aliphatic carbocycles. The molecule has 1 aromatic rings. The zero-order valence-electron chi connectivity index (χ0n) is 16.0. The Kier molecular flexibility index (Phi) is 10.6. The van der Waals surface area contributed by atoms with E-state index in [1.807, 2.05) is 12.1 Å². The van der Waals surface area contributed by atoms with Crippen LogP contribution in [0.2, 0.25) is 0 Å². The number of methoxy groups -OCH3 is 1. The van der Waals surface area contributed by atoms with Crippen LogP contribution in [0, 0.1) is 0 Å². The second kappa shape index (κ2) is 12.1. The molecule has 7 heteroatoms. The number of nitrogens with one attached hydrogen (secondary N) is 2. The standard InChI is InChI=1S/C19H30N4O2.HI/c1-4-11-23-12-9-17(10-13-23)22-19(20-2)21-14-15-5-7-16(8-6-15)18(24)25-3;/h5-8,17H,4,9-14H2,1-3H3,(H2,20,21,22);1H. The number of likely N-dealkylation sites (tertiary alicyclic amines) is 1. The Morgan fingerprint density at radius 2 is 1.92 bits per heavy atom. The molecule has 1 saturated heterocycles. The van der Waals surface area contributed by atoms with Gasteiger partial charge in [0.05, 0.1) is 12.7 Å². The van der Waals surface area contributed by atoms with Crippen LogP contribution in [0.15, 0.2) is 29.3 Å². The fourth-order valence-electron chi connectivity index (χ4n) is 3.07. The third kappa shape index (κ3) is 7.11. The van der Waals surface area contributed by atoms with Crippen molar-refractivity contribution in [3.8, 4) is 0 Å². The maximum absolute atomic E-state index is 11.5. The van der Waals surface area contributed by atoms with Crippen LogP contribution in [0.4, 0.5) is 0 Å². The molecule has 2 rings (SSSR count). The summed E-state index contributed by atoms with van der Waals surface area (Å²) < 4.78 is 4.71. The average molecular weight is 474 g/mol. The molecule has 1 aromatic carbocycles. The summed E-state index contributed by atoms with van der Waals surface area (Å²) in [4.78, 5) is 18.3. The van der Waals surface area contributed by atoms with Crippen molar-refractivity contribution < 1.29 is 9.53 Å². The highest BCUT2D eigenvalue weighted by molar-refractivity contribution is 14.0. The van der Waals surface area contributed by atoms with Crippen molar-refractivity contribution in [2.24, 2.45) is 4.99 Å². The van der Waals surface area contributed by atoms with E-state index in [1.54, 1.807) is 19.2 Å². The van der Waals surface area contributed by atoms with Crippen molar-refractivity contribution in [3.05, 3.63) is 35.4 Å². The number of esters is 1. The Labute approximate surface area is 173 Å². The first kappa shape index (κ1) is 22.7. The lowest BCUT2D eigenvalue weighted by molar-refractivity contribution is 0.0600. The van der Waals surface area contributed by atoms with Gasteiger partial charge < -0.3 is 20.3 Å². The van der Waals surface area contributed by atoms with E-state index in [2.05, 4.69) is 27.4 Å². The molecule has 0 atom stereocenters. The number of carbonyl (C=O) groups is 1. The first-order valence-corrected chi connectivity index (χ1v) is 9.03. The quantitative estimate of drug-likeness (QED) is 0.287. The van der Waals surface area contributed by atoms with E-state index in [0.29, 0.717) is 18.2 Å². The van der Waals surface area contributed by atoms with Crippen molar-refractivity contribution in [2.45, 2.75) is 38.8 Å². The molecular weight excluding hydrogens is 443 g/mol. The first-order chi connectivity index (χ1) is 12.2. The van der Waals surface area contributed by atoms with Crippen molar-refractivity contribution in [1.82, 2.24) is 15.5 Å². The molecule has 0 bridgehead atoms. The van der Waals surface area contributed by atoms with E-state index in [9.17, 15) is 4.79 Å². The summed E-state index contributed by atoms with van der Waals surface area (Å²) in [5.74, 6) is 0.511. The fourth-order valence-corrected chi connectivity index (χ4v) is 3.07. The molecule has 2 N–H and O–H groups in total. The Morgan fingerprint density at radius 3 is 2.46 bits per heavy atom. The van der Waals surface area contributed by atoms with E-state index in [1.165, 1.54) is 20.1 Å². The summed E-state index contributed by atoms with van der Waals surface area (Å²) >= 11 is 0. The SMILES string of the molecule is CCCN1CCC(NC(=NC)NCc2ccc(C(=O)OC)cc2)CC1.I. The fraction of sp³-hybridized carbons (Fsp3) is 0.579. The molecule has 0 unspecified atom stereocenters. The molecule has 0 amide bonds. The van der Waals surface area contributed by atoms with Crippen LogP contribution in [0.5, 0.6) is 0 Å². The normalized spacial score (nSPS) is 15.9.